The van der Waals surface area contributed by atoms with Crippen molar-refractivity contribution in [2.75, 3.05) is 25.6 Å². The van der Waals surface area contributed by atoms with Gasteiger partial charge in [-0.05, 0) is 25.8 Å². The number of benzene rings is 1. The first kappa shape index (κ1) is 17.5. The number of aromatic nitrogens is 2. The van der Waals surface area contributed by atoms with E-state index in [9.17, 15) is 4.79 Å². The third-order valence-corrected chi connectivity index (χ3v) is 4.75. The topological polar surface area (TPSA) is 89.8 Å². The summed E-state index contributed by atoms with van der Waals surface area (Å²) in [6.45, 7) is 3.15. The van der Waals surface area contributed by atoms with E-state index in [1.54, 1.807) is 18.6 Å². The Bertz CT molecular complexity index is 918. The molecule has 2 N–H and O–H groups in total. The molecule has 3 heterocycles. The number of rotatable bonds is 4. The molecule has 1 saturated heterocycles. The van der Waals surface area contributed by atoms with Gasteiger partial charge in [-0.15, -0.1) is 0 Å². The molecule has 27 heavy (non-hydrogen) atoms. The van der Waals surface area contributed by atoms with Gasteiger partial charge in [0.25, 0.3) is 5.56 Å². The van der Waals surface area contributed by atoms with Crippen molar-refractivity contribution in [3.63, 3.8) is 0 Å². The highest BCUT2D eigenvalue weighted by Crippen LogP contribution is 2.28. The molecule has 1 aromatic heterocycles. The Morgan fingerprint density at radius 1 is 1.41 bits per heavy atom. The predicted molar refractivity (Wildman–Crippen MR) is 102 cm³/mol. The lowest BCUT2D eigenvalue weighted by atomic mass is 10.1. The summed E-state index contributed by atoms with van der Waals surface area (Å²) in [6.07, 6.45) is 1.75. The zero-order valence-corrected chi connectivity index (χ0v) is 15.4. The number of hydrogen-bond donors (Lipinski definition) is 2. The van der Waals surface area contributed by atoms with Gasteiger partial charge in [0.15, 0.2) is 5.96 Å². The molecule has 142 valence electrons. The Labute approximate surface area is 157 Å². The van der Waals surface area contributed by atoms with Crippen molar-refractivity contribution in [1.82, 2.24) is 14.9 Å². The second-order valence-corrected chi connectivity index (χ2v) is 6.67. The minimum atomic E-state index is -0.471. The van der Waals surface area contributed by atoms with Crippen LogP contribution in [-0.2, 0) is 4.74 Å². The molecule has 0 saturated carbocycles. The Morgan fingerprint density at radius 2 is 2.26 bits per heavy atom. The summed E-state index contributed by atoms with van der Waals surface area (Å²) in [5.74, 6) is 1.72. The maximum absolute atomic E-state index is 12.7. The van der Waals surface area contributed by atoms with Gasteiger partial charge in [0.05, 0.1) is 19.8 Å². The van der Waals surface area contributed by atoms with Crippen LogP contribution in [0.25, 0.3) is 0 Å². The average molecular weight is 369 g/mol. The quantitative estimate of drug-likeness (QED) is 0.852. The van der Waals surface area contributed by atoms with Crippen LogP contribution in [0.5, 0.6) is 5.75 Å². The molecule has 0 bridgehead atoms. The fraction of sp³-hybridized carbons (Fsp3) is 0.421. The molecular formula is C19H23N5O3. The van der Waals surface area contributed by atoms with Crippen molar-refractivity contribution in [3.8, 4) is 5.75 Å². The number of aliphatic imine (C=N–C) groups is 1. The lowest BCUT2D eigenvalue weighted by Crippen LogP contribution is -2.48. The van der Waals surface area contributed by atoms with E-state index in [4.69, 9.17) is 9.47 Å². The number of aryl methyl sites for hydroxylation is 1. The summed E-state index contributed by atoms with van der Waals surface area (Å²) in [5, 5.41) is 6.45. The number of ether oxygens (including phenoxy) is 2. The van der Waals surface area contributed by atoms with Crippen molar-refractivity contribution >= 4 is 11.9 Å². The van der Waals surface area contributed by atoms with Crippen LogP contribution >= 0.6 is 0 Å². The van der Waals surface area contributed by atoms with Crippen LogP contribution in [0.4, 0.5) is 5.95 Å². The highest BCUT2D eigenvalue weighted by molar-refractivity contribution is 5.93. The third-order valence-electron chi connectivity index (χ3n) is 4.75. The van der Waals surface area contributed by atoms with Gasteiger partial charge in [-0.25, -0.2) is 4.98 Å². The zero-order valence-electron chi connectivity index (χ0n) is 15.4. The number of para-hydroxylation sites is 1. The van der Waals surface area contributed by atoms with E-state index in [1.165, 1.54) is 6.07 Å². The van der Waals surface area contributed by atoms with Gasteiger partial charge in [-0.3, -0.25) is 19.7 Å². The van der Waals surface area contributed by atoms with E-state index in [2.05, 4.69) is 20.6 Å². The molecule has 2 aliphatic heterocycles. The highest BCUT2D eigenvalue weighted by Gasteiger charge is 2.28. The lowest BCUT2D eigenvalue weighted by molar-refractivity contribution is 0.117. The maximum Gasteiger partial charge on any atom is 0.257 e. The molecule has 0 radical (unpaired) electrons. The van der Waals surface area contributed by atoms with E-state index >= 15 is 0 Å². The monoisotopic (exact) mass is 369 g/mol. The summed E-state index contributed by atoms with van der Waals surface area (Å²) in [7, 11) is 1.61. The minimum absolute atomic E-state index is 0.139. The number of nitrogens with zero attached hydrogens (tertiary/aromatic N) is 3. The largest absolute Gasteiger partial charge is 0.496 e. The van der Waals surface area contributed by atoms with Gasteiger partial charge in [0, 0.05) is 23.9 Å². The molecule has 0 spiro atoms. The van der Waals surface area contributed by atoms with Gasteiger partial charge >= 0.3 is 0 Å². The standard InChI is InChI=1S/C19H23N5O3/c1-12-10-16(25)24-17(14-7-3-4-8-15(14)26-2)22-18(23-19(24)21-12)20-11-13-6-5-9-27-13/h3-4,7-8,10,13,17H,5-6,9,11H2,1-2H3,(H2,20,21,22,23). The van der Waals surface area contributed by atoms with Crippen LogP contribution in [0.2, 0.25) is 0 Å². The summed E-state index contributed by atoms with van der Waals surface area (Å²) in [4.78, 5) is 21.8. The highest BCUT2D eigenvalue weighted by atomic mass is 16.5. The Morgan fingerprint density at radius 3 is 3.04 bits per heavy atom. The molecule has 8 heteroatoms. The van der Waals surface area contributed by atoms with Crippen molar-refractivity contribution in [1.29, 1.82) is 0 Å². The van der Waals surface area contributed by atoms with Crippen molar-refractivity contribution in [2.24, 2.45) is 4.99 Å². The van der Waals surface area contributed by atoms with Crippen molar-refractivity contribution in [2.45, 2.75) is 32.0 Å². The molecule has 2 unspecified atom stereocenters. The molecule has 1 aromatic carbocycles. The first-order valence-electron chi connectivity index (χ1n) is 9.08. The van der Waals surface area contributed by atoms with Gasteiger partial charge in [0.2, 0.25) is 5.95 Å². The first-order chi connectivity index (χ1) is 13.2. The minimum Gasteiger partial charge on any atom is -0.496 e. The Balaban J connectivity index is 1.74. The van der Waals surface area contributed by atoms with Crippen LogP contribution in [-0.4, -0.2) is 41.9 Å². The number of hydrogen-bond acceptors (Lipinski definition) is 5. The number of methoxy groups -OCH3 is 1. The SMILES string of the molecule is COc1ccccc1C1NC(=NCC2CCCO2)Nc2nc(C)cc(=O)n21. The number of guanidine groups is 1. The molecule has 0 aliphatic carbocycles. The molecular weight excluding hydrogens is 346 g/mol. The van der Waals surface area contributed by atoms with E-state index in [1.807, 2.05) is 24.3 Å². The molecule has 8 nitrogen and oxygen atoms in total. The van der Waals surface area contributed by atoms with E-state index < -0.39 is 6.17 Å². The van der Waals surface area contributed by atoms with Gasteiger partial charge in [-0.1, -0.05) is 18.2 Å². The molecule has 2 atom stereocenters. The van der Waals surface area contributed by atoms with Gasteiger partial charge in [-0.2, -0.15) is 0 Å². The smallest absolute Gasteiger partial charge is 0.257 e. The first-order valence-corrected chi connectivity index (χ1v) is 9.08. The fourth-order valence-electron chi connectivity index (χ4n) is 3.46. The van der Waals surface area contributed by atoms with Crippen LogP contribution in [0.15, 0.2) is 40.1 Å². The number of anilines is 1. The third kappa shape index (κ3) is 3.52. The second-order valence-electron chi connectivity index (χ2n) is 6.67. The van der Waals surface area contributed by atoms with E-state index in [-0.39, 0.29) is 11.7 Å². The van der Waals surface area contributed by atoms with Gasteiger partial charge in [0.1, 0.15) is 11.9 Å². The average Bonchev–Trinajstić information content (AvgIpc) is 3.19. The van der Waals surface area contributed by atoms with Crippen molar-refractivity contribution in [3.05, 3.63) is 51.9 Å². The molecule has 2 aromatic rings. The van der Waals surface area contributed by atoms with Crippen molar-refractivity contribution < 1.29 is 9.47 Å². The summed E-state index contributed by atoms with van der Waals surface area (Å²) >= 11 is 0. The fourth-order valence-corrected chi connectivity index (χ4v) is 3.46. The summed E-state index contributed by atoms with van der Waals surface area (Å²) in [5.41, 5.74) is 1.34. The molecule has 4 rings (SSSR count). The lowest BCUT2D eigenvalue weighted by Gasteiger charge is -2.31. The molecule has 2 aliphatic rings. The van der Waals surface area contributed by atoms with Crippen LogP contribution in [0.3, 0.4) is 0 Å². The predicted octanol–water partition coefficient (Wildman–Crippen LogP) is 1.66. The Kier molecular flexibility index (Phi) is 4.81. The van der Waals surface area contributed by atoms with Gasteiger partial charge < -0.3 is 14.8 Å². The maximum atomic E-state index is 12.7. The zero-order chi connectivity index (χ0) is 18.8. The Hall–Kier alpha value is -2.87. The van der Waals surface area contributed by atoms with E-state index in [0.717, 1.165) is 25.0 Å². The van der Waals surface area contributed by atoms with Crippen LogP contribution < -0.4 is 20.9 Å². The van der Waals surface area contributed by atoms with Crippen LogP contribution in [0.1, 0.15) is 30.3 Å². The molecule has 0 amide bonds. The van der Waals surface area contributed by atoms with E-state index in [0.29, 0.717) is 29.9 Å². The second kappa shape index (κ2) is 7.40. The van der Waals surface area contributed by atoms with Crippen LogP contribution in [0, 0.1) is 6.92 Å². The summed E-state index contributed by atoms with van der Waals surface area (Å²) in [6, 6.07) is 9.12. The number of fused-ring (bicyclic) bond motifs is 1. The molecule has 1 fully saturated rings. The normalized spacial score (nSPS) is 22.8. The summed E-state index contributed by atoms with van der Waals surface area (Å²) < 4.78 is 12.7. The number of nitrogens with one attached hydrogen (secondary N) is 2.